The van der Waals surface area contributed by atoms with E-state index in [1.54, 1.807) is 29.9 Å². The van der Waals surface area contributed by atoms with Gasteiger partial charge in [0.2, 0.25) is 5.82 Å². The molecule has 0 radical (unpaired) electrons. The van der Waals surface area contributed by atoms with E-state index in [-0.39, 0.29) is 11.7 Å². The molecule has 8 nitrogen and oxygen atoms in total. The number of hydrogen-bond acceptors (Lipinski definition) is 6. The Morgan fingerprint density at radius 2 is 1.86 bits per heavy atom. The van der Waals surface area contributed by atoms with Gasteiger partial charge in [-0.15, -0.1) is 0 Å². The van der Waals surface area contributed by atoms with Crippen LogP contribution in [0, 0.1) is 5.92 Å². The first-order chi connectivity index (χ1) is 14.0. The number of methoxy groups -OCH3 is 1. The number of piperidine rings is 1. The topological polar surface area (TPSA) is 76.4 Å². The summed E-state index contributed by atoms with van der Waals surface area (Å²) in [6.45, 7) is 4.12. The van der Waals surface area contributed by atoms with Crippen LogP contribution in [0.2, 0.25) is 0 Å². The van der Waals surface area contributed by atoms with E-state index in [9.17, 15) is 4.79 Å². The molecule has 1 amide bonds. The Hall–Kier alpha value is -3.16. The highest BCUT2D eigenvalue weighted by Gasteiger charge is 2.25. The molecule has 0 saturated carbocycles. The van der Waals surface area contributed by atoms with Crippen molar-refractivity contribution in [3.05, 3.63) is 36.3 Å². The Kier molecular flexibility index (Phi) is 5.08. The van der Waals surface area contributed by atoms with Gasteiger partial charge in [-0.2, -0.15) is 5.10 Å². The molecule has 0 bridgehead atoms. The van der Waals surface area contributed by atoms with Crippen LogP contribution in [-0.4, -0.2) is 52.9 Å². The third-order valence-corrected chi connectivity index (χ3v) is 5.61. The van der Waals surface area contributed by atoms with Crippen LogP contribution in [0.15, 0.2) is 30.5 Å². The minimum atomic E-state index is -0.259. The predicted octanol–water partition coefficient (Wildman–Crippen LogP) is 2.88. The number of benzene rings is 1. The number of aromatic nitrogens is 4. The summed E-state index contributed by atoms with van der Waals surface area (Å²) in [5, 5.41) is 5.22. The monoisotopic (exact) mass is 394 g/mol. The SMILES string of the molecule is COc1ccc(N(C)C(=O)c2nc(N3CCC(C)CC3)c3cnn(C)c3n2)cc1. The summed E-state index contributed by atoms with van der Waals surface area (Å²) < 4.78 is 6.89. The lowest BCUT2D eigenvalue weighted by Gasteiger charge is -2.31. The first-order valence-corrected chi connectivity index (χ1v) is 9.84. The molecule has 1 aromatic carbocycles. The molecule has 0 aliphatic carbocycles. The summed E-state index contributed by atoms with van der Waals surface area (Å²) in [4.78, 5) is 26.2. The summed E-state index contributed by atoms with van der Waals surface area (Å²) >= 11 is 0. The second-order valence-corrected chi connectivity index (χ2v) is 7.61. The van der Waals surface area contributed by atoms with Crippen molar-refractivity contribution in [2.75, 3.05) is 37.0 Å². The number of hydrogen-bond donors (Lipinski definition) is 0. The molecule has 1 aliphatic heterocycles. The number of ether oxygens (including phenoxy) is 1. The van der Waals surface area contributed by atoms with Gasteiger partial charge in [-0.1, -0.05) is 6.92 Å². The molecule has 8 heteroatoms. The Morgan fingerprint density at radius 3 is 2.52 bits per heavy atom. The second kappa shape index (κ2) is 7.69. The molecule has 2 aromatic heterocycles. The molecular weight excluding hydrogens is 368 g/mol. The number of rotatable bonds is 4. The van der Waals surface area contributed by atoms with E-state index in [0.717, 1.165) is 48.6 Å². The number of anilines is 2. The summed E-state index contributed by atoms with van der Waals surface area (Å²) in [5.74, 6) is 2.16. The molecule has 3 heterocycles. The first kappa shape index (κ1) is 19.2. The zero-order chi connectivity index (χ0) is 20.5. The highest BCUT2D eigenvalue weighted by molar-refractivity contribution is 6.05. The van der Waals surface area contributed by atoms with Crippen molar-refractivity contribution >= 4 is 28.4 Å². The molecule has 4 rings (SSSR count). The summed E-state index contributed by atoms with van der Waals surface area (Å²) in [6.07, 6.45) is 4.01. The van der Waals surface area contributed by atoms with Crippen LogP contribution >= 0.6 is 0 Å². The van der Waals surface area contributed by atoms with E-state index in [1.807, 2.05) is 31.3 Å². The van der Waals surface area contributed by atoms with Crippen LogP contribution in [0.3, 0.4) is 0 Å². The van der Waals surface area contributed by atoms with Gasteiger partial charge in [0.05, 0.1) is 18.7 Å². The summed E-state index contributed by atoms with van der Waals surface area (Å²) in [5.41, 5.74) is 1.41. The molecule has 152 valence electrons. The summed E-state index contributed by atoms with van der Waals surface area (Å²) in [7, 11) is 5.17. The third kappa shape index (κ3) is 3.62. The van der Waals surface area contributed by atoms with Crippen molar-refractivity contribution in [2.24, 2.45) is 13.0 Å². The minimum absolute atomic E-state index is 0.174. The van der Waals surface area contributed by atoms with Crippen LogP contribution in [0.5, 0.6) is 5.75 Å². The lowest BCUT2D eigenvalue weighted by molar-refractivity contribution is 0.0983. The minimum Gasteiger partial charge on any atom is -0.497 e. The van der Waals surface area contributed by atoms with Gasteiger partial charge in [-0.25, -0.2) is 9.97 Å². The number of fused-ring (bicyclic) bond motifs is 1. The molecule has 1 fully saturated rings. The fraction of sp³-hybridized carbons (Fsp3) is 0.429. The Morgan fingerprint density at radius 1 is 1.17 bits per heavy atom. The number of aryl methyl sites for hydroxylation is 1. The number of nitrogens with zero attached hydrogens (tertiary/aromatic N) is 6. The number of carbonyl (C=O) groups excluding carboxylic acids is 1. The van der Waals surface area contributed by atoms with Gasteiger partial charge in [0, 0.05) is 32.9 Å². The molecule has 1 saturated heterocycles. The standard InChI is InChI=1S/C21H26N6O2/c1-14-9-11-27(12-10-14)20-17-13-22-26(3)19(17)23-18(24-20)21(28)25(2)15-5-7-16(29-4)8-6-15/h5-8,13-14H,9-12H2,1-4H3. The average Bonchev–Trinajstić information content (AvgIpc) is 3.13. The van der Waals surface area contributed by atoms with Crippen LogP contribution in [0.4, 0.5) is 11.5 Å². The zero-order valence-corrected chi connectivity index (χ0v) is 17.3. The summed E-state index contributed by atoms with van der Waals surface area (Å²) in [6, 6.07) is 7.33. The normalized spacial score (nSPS) is 15.0. The molecular formula is C21H26N6O2. The molecule has 29 heavy (non-hydrogen) atoms. The number of carbonyl (C=O) groups is 1. The van der Waals surface area contributed by atoms with Crippen molar-refractivity contribution in [1.82, 2.24) is 19.7 Å². The van der Waals surface area contributed by atoms with Gasteiger partial charge in [0.15, 0.2) is 5.65 Å². The quantitative estimate of drug-likeness (QED) is 0.677. The van der Waals surface area contributed by atoms with Gasteiger partial charge in [-0.05, 0) is 43.0 Å². The van der Waals surface area contributed by atoms with Gasteiger partial charge in [0.1, 0.15) is 11.6 Å². The van der Waals surface area contributed by atoms with E-state index < -0.39 is 0 Å². The van der Waals surface area contributed by atoms with E-state index >= 15 is 0 Å². The molecule has 1 aliphatic rings. The van der Waals surface area contributed by atoms with Crippen molar-refractivity contribution in [2.45, 2.75) is 19.8 Å². The lowest BCUT2D eigenvalue weighted by atomic mass is 9.99. The molecule has 0 spiro atoms. The fourth-order valence-corrected chi connectivity index (χ4v) is 3.64. The van der Waals surface area contributed by atoms with Crippen LogP contribution in [-0.2, 0) is 7.05 Å². The van der Waals surface area contributed by atoms with Crippen molar-refractivity contribution in [1.29, 1.82) is 0 Å². The Balaban J connectivity index is 1.70. The largest absolute Gasteiger partial charge is 0.497 e. The van der Waals surface area contributed by atoms with E-state index in [4.69, 9.17) is 4.74 Å². The maximum absolute atomic E-state index is 13.2. The van der Waals surface area contributed by atoms with Crippen LogP contribution in [0.25, 0.3) is 11.0 Å². The second-order valence-electron chi connectivity index (χ2n) is 7.61. The highest BCUT2D eigenvalue weighted by Crippen LogP contribution is 2.28. The van der Waals surface area contributed by atoms with E-state index in [1.165, 1.54) is 0 Å². The smallest absolute Gasteiger partial charge is 0.295 e. The maximum Gasteiger partial charge on any atom is 0.295 e. The predicted molar refractivity (Wildman–Crippen MR) is 113 cm³/mol. The van der Waals surface area contributed by atoms with Crippen LogP contribution < -0.4 is 14.5 Å². The Bertz CT molecular complexity index is 1020. The van der Waals surface area contributed by atoms with E-state index in [0.29, 0.717) is 11.6 Å². The van der Waals surface area contributed by atoms with E-state index in [2.05, 4.69) is 26.9 Å². The Labute approximate surface area is 170 Å². The van der Waals surface area contributed by atoms with Crippen molar-refractivity contribution < 1.29 is 9.53 Å². The fourth-order valence-electron chi connectivity index (χ4n) is 3.64. The number of amides is 1. The van der Waals surface area contributed by atoms with Crippen LogP contribution in [0.1, 0.15) is 30.4 Å². The molecule has 3 aromatic rings. The molecule has 0 N–H and O–H groups in total. The van der Waals surface area contributed by atoms with Gasteiger partial charge in [-0.3, -0.25) is 9.48 Å². The van der Waals surface area contributed by atoms with Crippen molar-refractivity contribution in [3.63, 3.8) is 0 Å². The maximum atomic E-state index is 13.2. The van der Waals surface area contributed by atoms with Gasteiger partial charge in [0.25, 0.3) is 5.91 Å². The average molecular weight is 394 g/mol. The molecule has 0 unspecified atom stereocenters. The highest BCUT2D eigenvalue weighted by atomic mass is 16.5. The third-order valence-electron chi connectivity index (χ3n) is 5.61. The van der Waals surface area contributed by atoms with Crippen molar-refractivity contribution in [3.8, 4) is 5.75 Å². The zero-order valence-electron chi connectivity index (χ0n) is 17.3. The lowest BCUT2D eigenvalue weighted by Crippen LogP contribution is -2.35. The first-order valence-electron chi connectivity index (χ1n) is 9.84. The van der Waals surface area contributed by atoms with Gasteiger partial charge >= 0.3 is 0 Å². The van der Waals surface area contributed by atoms with Gasteiger partial charge < -0.3 is 14.5 Å². The molecule has 0 atom stereocenters.